The Bertz CT molecular complexity index is 826. The van der Waals surface area contributed by atoms with E-state index in [0.29, 0.717) is 11.3 Å². The van der Waals surface area contributed by atoms with Gasteiger partial charge >= 0.3 is 0 Å². The molecule has 0 aliphatic rings. The van der Waals surface area contributed by atoms with Crippen molar-refractivity contribution in [3.05, 3.63) is 77.5 Å². The average molecular weight is 257 g/mol. The summed E-state index contributed by atoms with van der Waals surface area (Å²) in [6.45, 7) is 0. The second kappa shape index (κ2) is 5.38. The minimum absolute atomic E-state index is 0.516. The molecule has 20 heavy (non-hydrogen) atoms. The SMILES string of the molecule is O=Cc1cc2ccccc2nc1C#Cc1ccccc1. The van der Waals surface area contributed by atoms with Crippen molar-refractivity contribution in [2.75, 3.05) is 0 Å². The maximum atomic E-state index is 11.2. The lowest BCUT2D eigenvalue weighted by Crippen LogP contribution is -1.93. The van der Waals surface area contributed by atoms with Gasteiger partial charge in [-0.25, -0.2) is 4.98 Å². The van der Waals surface area contributed by atoms with Crippen LogP contribution in [0.25, 0.3) is 10.9 Å². The molecular weight excluding hydrogens is 246 g/mol. The third-order valence-electron chi connectivity index (χ3n) is 2.98. The first kappa shape index (κ1) is 12.1. The van der Waals surface area contributed by atoms with Crippen molar-refractivity contribution >= 4 is 17.2 Å². The third kappa shape index (κ3) is 2.43. The van der Waals surface area contributed by atoms with Gasteiger partial charge in [0, 0.05) is 16.5 Å². The van der Waals surface area contributed by atoms with Crippen LogP contribution in [-0.4, -0.2) is 11.3 Å². The Hall–Kier alpha value is -2.92. The molecule has 0 aliphatic heterocycles. The number of carbonyl (C=O) groups is 1. The Labute approximate surface area is 117 Å². The van der Waals surface area contributed by atoms with Crippen molar-refractivity contribution in [2.45, 2.75) is 0 Å². The van der Waals surface area contributed by atoms with Crippen LogP contribution < -0.4 is 0 Å². The smallest absolute Gasteiger partial charge is 0.152 e. The predicted molar refractivity (Wildman–Crippen MR) is 79.6 cm³/mol. The Balaban J connectivity index is 2.11. The van der Waals surface area contributed by atoms with Gasteiger partial charge in [-0.05, 0) is 30.2 Å². The number of nitrogens with zero attached hydrogens (tertiary/aromatic N) is 1. The lowest BCUT2D eigenvalue weighted by Gasteiger charge is -2.00. The minimum atomic E-state index is 0.516. The molecule has 1 aromatic heterocycles. The van der Waals surface area contributed by atoms with Crippen LogP contribution in [0.1, 0.15) is 21.6 Å². The number of rotatable bonds is 1. The van der Waals surface area contributed by atoms with E-state index in [1.807, 2.05) is 60.7 Å². The number of fused-ring (bicyclic) bond motifs is 1. The van der Waals surface area contributed by atoms with Crippen molar-refractivity contribution in [3.63, 3.8) is 0 Å². The molecule has 0 atom stereocenters. The summed E-state index contributed by atoms with van der Waals surface area (Å²) < 4.78 is 0. The van der Waals surface area contributed by atoms with Crippen LogP contribution in [0.2, 0.25) is 0 Å². The molecule has 0 saturated heterocycles. The molecule has 0 spiro atoms. The largest absolute Gasteiger partial charge is 0.298 e. The summed E-state index contributed by atoms with van der Waals surface area (Å²) in [5.74, 6) is 6.01. The fraction of sp³-hybridized carbons (Fsp3) is 0. The van der Waals surface area contributed by atoms with Crippen molar-refractivity contribution < 1.29 is 4.79 Å². The Morgan fingerprint density at radius 3 is 2.45 bits per heavy atom. The topological polar surface area (TPSA) is 30.0 Å². The summed E-state index contributed by atoms with van der Waals surface area (Å²) >= 11 is 0. The minimum Gasteiger partial charge on any atom is -0.298 e. The van der Waals surface area contributed by atoms with Gasteiger partial charge in [0.25, 0.3) is 0 Å². The lowest BCUT2D eigenvalue weighted by atomic mass is 10.1. The summed E-state index contributed by atoms with van der Waals surface area (Å²) in [5.41, 5.74) is 2.78. The predicted octanol–water partition coefficient (Wildman–Crippen LogP) is 3.45. The third-order valence-corrected chi connectivity index (χ3v) is 2.98. The summed E-state index contributed by atoms with van der Waals surface area (Å²) in [4.78, 5) is 15.6. The number of pyridine rings is 1. The van der Waals surface area contributed by atoms with Crippen LogP contribution in [0.4, 0.5) is 0 Å². The van der Waals surface area contributed by atoms with Crippen LogP contribution >= 0.6 is 0 Å². The normalized spacial score (nSPS) is 9.80. The number of hydrogen-bond acceptors (Lipinski definition) is 2. The van der Waals surface area contributed by atoms with E-state index >= 15 is 0 Å². The van der Waals surface area contributed by atoms with Gasteiger partial charge in [0.05, 0.1) is 5.52 Å². The van der Waals surface area contributed by atoms with Gasteiger partial charge in [-0.2, -0.15) is 0 Å². The second-order valence-electron chi connectivity index (χ2n) is 4.35. The molecule has 0 unspecified atom stereocenters. The number of hydrogen-bond donors (Lipinski definition) is 0. The molecule has 3 aromatic rings. The highest BCUT2D eigenvalue weighted by Crippen LogP contribution is 2.15. The van der Waals surface area contributed by atoms with Gasteiger partial charge in [0.1, 0.15) is 5.69 Å². The highest BCUT2D eigenvalue weighted by atomic mass is 16.1. The molecule has 2 aromatic carbocycles. The average Bonchev–Trinajstić information content (AvgIpc) is 2.53. The van der Waals surface area contributed by atoms with Gasteiger partial charge < -0.3 is 0 Å². The van der Waals surface area contributed by atoms with Crippen LogP contribution in [0.3, 0.4) is 0 Å². The molecule has 0 aliphatic carbocycles. The molecule has 0 fully saturated rings. The van der Waals surface area contributed by atoms with Crippen LogP contribution in [0.5, 0.6) is 0 Å². The highest BCUT2D eigenvalue weighted by molar-refractivity contribution is 5.88. The van der Waals surface area contributed by atoms with Crippen molar-refractivity contribution in [1.82, 2.24) is 4.98 Å². The van der Waals surface area contributed by atoms with Gasteiger partial charge in [0.15, 0.2) is 6.29 Å². The van der Waals surface area contributed by atoms with Crippen molar-refractivity contribution in [2.24, 2.45) is 0 Å². The van der Waals surface area contributed by atoms with Gasteiger partial charge in [-0.1, -0.05) is 42.3 Å². The fourth-order valence-electron chi connectivity index (χ4n) is 1.98. The Morgan fingerprint density at radius 2 is 1.65 bits per heavy atom. The van der Waals surface area contributed by atoms with E-state index in [0.717, 1.165) is 22.8 Å². The Kier molecular flexibility index (Phi) is 3.26. The zero-order valence-corrected chi connectivity index (χ0v) is 10.7. The number of benzene rings is 2. The first-order valence-corrected chi connectivity index (χ1v) is 6.29. The highest BCUT2D eigenvalue weighted by Gasteiger charge is 2.03. The summed E-state index contributed by atoms with van der Waals surface area (Å²) in [7, 11) is 0. The zero-order valence-electron chi connectivity index (χ0n) is 10.7. The van der Waals surface area contributed by atoms with Crippen LogP contribution in [0, 0.1) is 11.8 Å². The van der Waals surface area contributed by atoms with Crippen molar-refractivity contribution in [3.8, 4) is 11.8 Å². The van der Waals surface area contributed by atoms with Crippen LogP contribution in [0.15, 0.2) is 60.7 Å². The summed E-state index contributed by atoms with van der Waals surface area (Å²) in [6.07, 6.45) is 0.800. The van der Waals surface area contributed by atoms with Crippen LogP contribution in [-0.2, 0) is 0 Å². The maximum absolute atomic E-state index is 11.2. The Morgan fingerprint density at radius 1 is 0.900 bits per heavy atom. The molecule has 0 radical (unpaired) electrons. The number of aldehydes is 1. The molecule has 0 bridgehead atoms. The van der Waals surface area contributed by atoms with E-state index in [1.54, 1.807) is 0 Å². The van der Waals surface area contributed by atoms with E-state index in [4.69, 9.17) is 0 Å². The van der Waals surface area contributed by atoms with Gasteiger partial charge in [-0.3, -0.25) is 4.79 Å². The second-order valence-corrected chi connectivity index (χ2v) is 4.35. The fourth-order valence-corrected chi connectivity index (χ4v) is 1.98. The molecule has 94 valence electrons. The van der Waals surface area contributed by atoms with Gasteiger partial charge in [-0.15, -0.1) is 0 Å². The number of carbonyl (C=O) groups excluding carboxylic acids is 1. The van der Waals surface area contributed by atoms with E-state index in [1.165, 1.54) is 0 Å². The molecular formula is C18H11NO. The lowest BCUT2D eigenvalue weighted by molar-refractivity contribution is 0.112. The maximum Gasteiger partial charge on any atom is 0.152 e. The number of aromatic nitrogens is 1. The van der Waals surface area contributed by atoms with E-state index in [9.17, 15) is 4.79 Å². The molecule has 0 saturated carbocycles. The quantitative estimate of drug-likeness (QED) is 0.493. The monoisotopic (exact) mass is 257 g/mol. The van der Waals surface area contributed by atoms with E-state index in [-0.39, 0.29) is 0 Å². The molecule has 2 heteroatoms. The molecule has 0 amide bonds. The van der Waals surface area contributed by atoms with E-state index in [2.05, 4.69) is 16.8 Å². The molecule has 2 nitrogen and oxygen atoms in total. The molecule has 1 heterocycles. The summed E-state index contributed by atoms with van der Waals surface area (Å²) in [5, 5.41) is 0.944. The van der Waals surface area contributed by atoms with Gasteiger partial charge in [0.2, 0.25) is 0 Å². The van der Waals surface area contributed by atoms with E-state index < -0.39 is 0 Å². The van der Waals surface area contributed by atoms with Crippen molar-refractivity contribution in [1.29, 1.82) is 0 Å². The first-order chi connectivity index (χ1) is 9.86. The molecule has 3 rings (SSSR count). The zero-order chi connectivity index (χ0) is 13.8. The number of para-hydroxylation sites is 1. The first-order valence-electron chi connectivity index (χ1n) is 6.29. The molecule has 0 N–H and O–H groups in total. The summed E-state index contributed by atoms with van der Waals surface area (Å²) in [6, 6.07) is 19.2. The standard InChI is InChI=1S/C18H11NO/c20-13-16-12-15-8-4-5-9-17(15)19-18(16)11-10-14-6-2-1-3-7-14/h1-9,12-13H.